The highest BCUT2D eigenvalue weighted by atomic mass is 16.5. The number of carbonyl (C=O) groups is 1. The molecule has 6 atom stereocenters. The van der Waals surface area contributed by atoms with Crippen molar-refractivity contribution in [2.45, 2.75) is 109 Å². The summed E-state index contributed by atoms with van der Waals surface area (Å²) in [5, 5.41) is 31.9. The summed E-state index contributed by atoms with van der Waals surface area (Å²) in [6.07, 6.45) is 4.34. The van der Waals surface area contributed by atoms with Crippen LogP contribution < -0.4 is 4.74 Å². The molecular formula is C32H46O6. The summed E-state index contributed by atoms with van der Waals surface area (Å²) in [7, 11) is 0. The Kier molecular flexibility index (Phi) is 12.1. The van der Waals surface area contributed by atoms with Crippen LogP contribution in [0.4, 0.5) is 0 Å². The number of esters is 1. The molecule has 6 heteroatoms. The fourth-order valence-corrected chi connectivity index (χ4v) is 5.55. The quantitative estimate of drug-likeness (QED) is 0.197. The molecule has 0 heterocycles. The van der Waals surface area contributed by atoms with Crippen LogP contribution >= 0.6 is 0 Å². The zero-order chi connectivity index (χ0) is 27.5. The van der Waals surface area contributed by atoms with Gasteiger partial charge in [-0.25, -0.2) is 0 Å². The Morgan fingerprint density at radius 2 is 1.45 bits per heavy atom. The monoisotopic (exact) mass is 526 g/mol. The molecule has 3 rings (SSSR count). The van der Waals surface area contributed by atoms with Crippen LogP contribution in [0.2, 0.25) is 0 Å². The van der Waals surface area contributed by atoms with E-state index in [2.05, 4.69) is 12.1 Å². The second-order valence-electron chi connectivity index (χ2n) is 11.0. The normalized spacial score (nSPS) is 22.8. The number of aliphatic hydroxyl groups excluding tert-OH is 3. The van der Waals surface area contributed by atoms with Gasteiger partial charge in [0.05, 0.1) is 24.4 Å². The third kappa shape index (κ3) is 9.40. The fraction of sp³-hybridized carbons (Fsp3) is 0.594. The van der Waals surface area contributed by atoms with E-state index in [1.807, 2.05) is 63.2 Å². The first kappa shape index (κ1) is 30.1. The fourth-order valence-electron chi connectivity index (χ4n) is 5.55. The van der Waals surface area contributed by atoms with Crippen LogP contribution in [-0.4, -0.2) is 51.8 Å². The number of rotatable bonds is 15. The molecule has 2 aromatic rings. The highest BCUT2D eigenvalue weighted by Gasteiger charge is 2.41. The van der Waals surface area contributed by atoms with Crippen molar-refractivity contribution in [1.29, 1.82) is 0 Å². The first-order valence-electron chi connectivity index (χ1n) is 14.3. The molecule has 3 N–H and O–H groups in total. The van der Waals surface area contributed by atoms with E-state index < -0.39 is 18.3 Å². The Labute approximate surface area is 228 Å². The van der Waals surface area contributed by atoms with Gasteiger partial charge in [-0.05, 0) is 88.0 Å². The minimum atomic E-state index is -0.667. The molecule has 0 spiro atoms. The summed E-state index contributed by atoms with van der Waals surface area (Å²) in [5.74, 6) is 0.571. The third-order valence-corrected chi connectivity index (χ3v) is 7.68. The number of aliphatic hydroxyl groups is 3. The minimum absolute atomic E-state index is 0.0296. The second-order valence-corrected chi connectivity index (χ2v) is 11.0. The molecule has 38 heavy (non-hydrogen) atoms. The highest BCUT2D eigenvalue weighted by Crippen LogP contribution is 2.39. The molecular weight excluding hydrogens is 480 g/mol. The third-order valence-electron chi connectivity index (χ3n) is 7.68. The van der Waals surface area contributed by atoms with Crippen LogP contribution in [0.15, 0.2) is 54.6 Å². The lowest BCUT2D eigenvalue weighted by atomic mass is 9.84. The molecule has 1 aliphatic carbocycles. The standard InChI is InChI=1S/C32H46O6/c1-22(2)37-32(36)14-10-5-4-9-13-27-28(31(35)21-30(27)34)19-20-29(33)23(3)38-26-17-15-25(16-18-26)24-11-7-6-8-12-24/h6-8,11-12,15-18,22-23,27-31,33-35H,4-5,9-10,13-14,19-21H2,1-3H3. The number of unbranched alkanes of at least 4 members (excludes halogenated alkanes) is 3. The number of carbonyl (C=O) groups excluding carboxylic acids is 1. The van der Waals surface area contributed by atoms with E-state index in [0.717, 1.165) is 43.2 Å². The Hall–Kier alpha value is -2.41. The van der Waals surface area contributed by atoms with Crippen LogP contribution in [-0.2, 0) is 9.53 Å². The van der Waals surface area contributed by atoms with Crippen LogP contribution in [0.3, 0.4) is 0 Å². The minimum Gasteiger partial charge on any atom is -0.488 e. The molecule has 1 saturated carbocycles. The van der Waals surface area contributed by atoms with E-state index in [9.17, 15) is 20.1 Å². The van der Waals surface area contributed by atoms with E-state index in [-0.39, 0.29) is 30.0 Å². The predicted molar refractivity (Wildman–Crippen MR) is 150 cm³/mol. The highest BCUT2D eigenvalue weighted by molar-refractivity contribution is 5.69. The van der Waals surface area contributed by atoms with E-state index in [4.69, 9.17) is 9.47 Å². The summed E-state index contributed by atoms with van der Waals surface area (Å²) in [6, 6.07) is 18.0. The average molecular weight is 527 g/mol. The summed E-state index contributed by atoms with van der Waals surface area (Å²) >= 11 is 0. The molecule has 1 fully saturated rings. The van der Waals surface area contributed by atoms with E-state index in [1.165, 1.54) is 0 Å². The maximum Gasteiger partial charge on any atom is 0.306 e. The van der Waals surface area contributed by atoms with E-state index in [1.54, 1.807) is 0 Å². The summed E-state index contributed by atoms with van der Waals surface area (Å²) in [6.45, 7) is 5.57. The van der Waals surface area contributed by atoms with E-state index >= 15 is 0 Å². The molecule has 1 aliphatic rings. The molecule has 0 amide bonds. The Morgan fingerprint density at radius 3 is 2.11 bits per heavy atom. The Bertz CT molecular complexity index is 944. The lowest BCUT2D eigenvalue weighted by Crippen LogP contribution is -2.31. The number of ether oxygens (including phenoxy) is 2. The van der Waals surface area contributed by atoms with Gasteiger partial charge in [-0.1, -0.05) is 61.7 Å². The summed E-state index contributed by atoms with van der Waals surface area (Å²) in [4.78, 5) is 11.6. The second kappa shape index (κ2) is 15.2. The zero-order valence-electron chi connectivity index (χ0n) is 23.2. The lowest BCUT2D eigenvalue weighted by Gasteiger charge is -2.26. The SMILES string of the molecule is CC(C)OC(=O)CCCCCCC1C(O)CC(O)C1CCC(O)C(C)Oc1ccc(-c2ccccc2)cc1. The maximum atomic E-state index is 11.6. The van der Waals surface area contributed by atoms with Crippen LogP contribution in [0.25, 0.3) is 11.1 Å². The van der Waals surface area contributed by atoms with Crippen molar-refractivity contribution in [3.8, 4) is 16.9 Å². The molecule has 0 aromatic heterocycles. The van der Waals surface area contributed by atoms with Gasteiger partial charge in [0.15, 0.2) is 0 Å². The van der Waals surface area contributed by atoms with Crippen molar-refractivity contribution in [2.24, 2.45) is 11.8 Å². The molecule has 210 valence electrons. The van der Waals surface area contributed by atoms with Crippen molar-refractivity contribution >= 4 is 5.97 Å². The van der Waals surface area contributed by atoms with Gasteiger partial charge in [0.1, 0.15) is 11.9 Å². The van der Waals surface area contributed by atoms with Gasteiger partial charge < -0.3 is 24.8 Å². The Balaban J connectivity index is 1.40. The van der Waals surface area contributed by atoms with Crippen molar-refractivity contribution in [2.75, 3.05) is 0 Å². The van der Waals surface area contributed by atoms with Crippen LogP contribution in [0.5, 0.6) is 5.75 Å². The summed E-state index contributed by atoms with van der Waals surface area (Å²) < 4.78 is 11.2. The number of hydrogen-bond acceptors (Lipinski definition) is 6. The van der Waals surface area contributed by atoms with Gasteiger partial charge in [0.25, 0.3) is 0 Å². The van der Waals surface area contributed by atoms with Crippen LogP contribution in [0.1, 0.15) is 78.6 Å². The number of benzene rings is 2. The Morgan fingerprint density at radius 1 is 0.842 bits per heavy atom. The van der Waals surface area contributed by atoms with E-state index in [0.29, 0.717) is 31.4 Å². The van der Waals surface area contributed by atoms with Crippen molar-refractivity contribution in [1.82, 2.24) is 0 Å². The molecule has 6 nitrogen and oxygen atoms in total. The first-order valence-corrected chi connectivity index (χ1v) is 14.3. The molecule has 0 aliphatic heterocycles. The molecule has 2 aromatic carbocycles. The zero-order valence-corrected chi connectivity index (χ0v) is 23.2. The number of hydrogen-bond donors (Lipinski definition) is 3. The molecule has 0 saturated heterocycles. The van der Waals surface area contributed by atoms with Crippen molar-refractivity contribution in [3.63, 3.8) is 0 Å². The van der Waals surface area contributed by atoms with Gasteiger partial charge in [0, 0.05) is 6.42 Å². The largest absolute Gasteiger partial charge is 0.488 e. The van der Waals surface area contributed by atoms with Gasteiger partial charge in [0.2, 0.25) is 0 Å². The van der Waals surface area contributed by atoms with Gasteiger partial charge >= 0.3 is 5.97 Å². The maximum absolute atomic E-state index is 11.6. The van der Waals surface area contributed by atoms with Crippen LogP contribution in [0, 0.1) is 11.8 Å². The van der Waals surface area contributed by atoms with Gasteiger partial charge in [-0.15, -0.1) is 0 Å². The lowest BCUT2D eigenvalue weighted by molar-refractivity contribution is -0.147. The average Bonchev–Trinajstić information content (AvgIpc) is 3.16. The van der Waals surface area contributed by atoms with Gasteiger partial charge in [-0.2, -0.15) is 0 Å². The summed E-state index contributed by atoms with van der Waals surface area (Å²) in [5.41, 5.74) is 2.25. The predicted octanol–water partition coefficient (Wildman–Crippen LogP) is 5.91. The van der Waals surface area contributed by atoms with Crippen molar-refractivity contribution in [3.05, 3.63) is 54.6 Å². The molecule has 0 radical (unpaired) electrons. The smallest absolute Gasteiger partial charge is 0.306 e. The van der Waals surface area contributed by atoms with Gasteiger partial charge in [-0.3, -0.25) is 4.79 Å². The molecule has 6 unspecified atom stereocenters. The first-order chi connectivity index (χ1) is 18.2. The topological polar surface area (TPSA) is 96.2 Å². The molecule has 0 bridgehead atoms. The van der Waals surface area contributed by atoms with Crippen molar-refractivity contribution < 1.29 is 29.6 Å².